The predicted octanol–water partition coefficient (Wildman–Crippen LogP) is 3.38. The molecule has 0 spiro atoms. The number of benzene rings is 2. The molecule has 5 nitrogen and oxygen atoms in total. The van der Waals surface area contributed by atoms with Gasteiger partial charge in [0.25, 0.3) is 5.91 Å². The summed E-state index contributed by atoms with van der Waals surface area (Å²) in [5.41, 5.74) is 1.62. The molecule has 0 aliphatic carbocycles. The topological polar surface area (TPSA) is 64.6 Å². The minimum Gasteiger partial charge on any atom is -0.494 e. The van der Waals surface area contributed by atoms with E-state index in [1.807, 2.05) is 32.0 Å². The SMILES string of the molecule is CCOc1ccc(C(=O)OCC(=O)N[C@@H](C)CCc2ccccc2)cc1. The third kappa shape index (κ3) is 6.59. The fourth-order valence-corrected chi connectivity index (χ4v) is 2.48. The maximum Gasteiger partial charge on any atom is 0.338 e. The number of amides is 1. The van der Waals surface area contributed by atoms with Gasteiger partial charge in [0.1, 0.15) is 5.75 Å². The highest BCUT2D eigenvalue weighted by atomic mass is 16.5. The van der Waals surface area contributed by atoms with Crippen molar-refractivity contribution >= 4 is 11.9 Å². The third-order valence-corrected chi connectivity index (χ3v) is 3.85. The summed E-state index contributed by atoms with van der Waals surface area (Å²) >= 11 is 0. The Morgan fingerprint density at radius 1 is 1.04 bits per heavy atom. The van der Waals surface area contributed by atoms with Gasteiger partial charge in [0, 0.05) is 6.04 Å². The number of carbonyl (C=O) groups excluding carboxylic acids is 2. The molecule has 138 valence electrons. The van der Waals surface area contributed by atoms with Crippen molar-refractivity contribution in [1.82, 2.24) is 5.32 Å². The number of nitrogens with one attached hydrogen (secondary N) is 1. The van der Waals surface area contributed by atoms with Crippen molar-refractivity contribution in [2.75, 3.05) is 13.2 Å². The molecule has 0 aliphatic heterocycles. The van der Waals surface area contributed by atoms with Crippen LogP contribution in [0.2, 0.25) is 0 Å². The molecule has 1 N–H and O–H groups in total. The summed E-state index contributed by atoms with van der Waals surface area (Å²) in [5, 5.41) is 2.85. The zero-order valence-corrected chi connectivity index (χ0v) is 15.2. The summed E-state index contributed by atoms with van der Waals surface area (Å²) < 4.78 is 10.4. The monoisotopic (exact) mass is 355 g/mol. The van der Waals surface area contributed by atoms with Gasteiger partial charge < -0.3 is 14.8 Å². The molecule has 0 heterocycles. The normalized spacial score (nSPS) is 11.5. The first kappa shape index (κ1) is 19.5. The number of aryl methyl sites for hydroxylation is 1. The van der Waals surface area contributed by atoms with Gasteiger partial charge in [0.15, 0.2) is 6.61 Å². The average Bonchev–Trinajstić information content (AvgIpc) is 2.66. The van der Waals surface area contributed by atoms with Gasteiger partial charge in [0.05, 0.1) is 12.2 Å². The van der Waals surface area contributed by atoms with Crippen LogP contribution in [0.3, 0.4) is 0 Å². The first-order valence-electron chi connectivity index (χ1n) is 8.81. The van der Waals surface area contributed by atoms with Crippen molar-refractivity contribution in [3.8, 4) is 5.75 Å². The number of ether oxygens (including phenoxy) is 2. The molecule has 0 bridgehead atoms. The first-order chi connectivity index (χ1) is 12.6. The Balaban J connectivity index is 1.70. The Bertz CT molecular complexity index is 698. The molecule has 2 rings (SSSR count). The van der Waals surface area contributed by atoms with Crippen molar-refractivity contribution in [1.29, 1.82) is 0 Å². The fraction of sp³-hybridized carbons (Fsp3) is 0.333. The van der Waals surface area contributed by atoms with Gasteiger partial charge in [-0.1, -0.05) is 30.3 Å². The van der Waals surface area contributed by atoms with E-state index < -0.39 is 5.97 Å². The number of esters is 1. The molecule has 0 unspecified atom stereocenters. The Hall–Kier alpha value is -2.82. The molecule has 1 amide bonds. The summed E-state index contributed by atoms with van der Waals surface area (Å²) in [6.07, 6.45) is 1.71. The van der Waals surface area contributed by atoms with Crippen molar-refractivity contribution in [2.24, 2.45) is 0 Å². The summed E-state index contributed by atoms with van der Waals surface area (Å²) in [5.74, 6) is -0.140. The van der Waals surface area contributed by atoms with E-state index in [1.54, 1.807) is 24.3 Å². The molecule has 0 fully saturated rings. The van der Waals surface area contributed by atoms with E-state index in [-0.39, 0.29) is 18.6 Å². The number of carbonyl (C=O) groups is 2. The maximum atomic E-state index is 12.0. The molecule has 0 aliphatic rings. The van der Waals surface area contributed by atoms with Crippen LogP contribution in [0.4, 0.5) is 0 Å². The van der Waals surface area contributed by atoms with Crippen LogP contribution in [-0.4, -0.2) is 31.1 Å². The van der Waals surface area contributed by atoms with Crippen molar-refractivity contribution in [3.05, 3.63) is 65.7 Å². The first-order valence-corrected chi connectivity index (χ1v) is 8.81. The van der Waals surface area contributed by atoms with Crippen LogP contribution in [0.1, 0.15) is 36.2 Å². The summed E-state index contributed by atoms with van der Waals surface area (Å²) in [4.78, 5) is 23.9. The van der Waals surface area contributed by atoms with E-state index in [4.69, 9.17) is 9.47 Å². The highest BCUT2D eigenvalue weighted by Crippen LogP contribution is 2.12. The molecule has 0 radical (unpaired) electrons. The number of hydrogen-bond donors (Lipinski definition) is 1. The second-order valence-corrected chi connectivity index (χ2v) is 6.03. The van der Waals surface area contributed by atoms with E-state index in [1.165, 1.54) is 5.56 Å². The van der Waals surface area contributed by atoms with Crippen LogP contribution in [0.25, 0.3) is 0 Å². The highest BCUT2D eigenvalue weighted by molar-refractivity contribution is 5.91. The van der Waals surface area contributed by atoms with Crippen molar-refractivity contribution in [3.63, 3.8) is 0 Å². The van der Waals surface area contributed by atoms with Gasteiger partial charge in [-0.15, -0.1) is 0 Å². The van der Waals surface area contributed by atoms with Crippen molar-refractivity contribution < 1.29 is 19.1 Å². The summed E-state index contributed by atoms with van der Waals surface area (Å²) in [6.45, 7) is 4.10. The van der Waals surface area contributed by atoms with Crippen LogP contribution >= 0.6 is 0 Å². The zero-order valence-electron chi connectivity index (χ0n) is 15.2. The predicted molar refractivity (Wildman–Crippen MR) is 100 cm³/mol. The molecule has 5 heteroatoms. The molecule has 26 heavy (non-hydrogen) atoms. The molecule has 0 aromatic heterocycles. The molecule has 0 saturated carbocycles. The van der Waals surface area contributed by atoms with Gasteiger partial charge in [-0.2, -0.15) is 0 Å². The lowest BCUT2D eigenvalue weighted by atomic mass is 10.1. The maximum absolute atomic E-state index is 12.0. The number of hydrogen-bond acceptors (Lipinski definition) is 4. The highest BCUT2D eigenvalue weighted by Gasteiger charge is 2.12. The lowest BCUT2D eigenvalue weighted by Crippen LogP contribution is -2.36. The van der Waals surface area contributed by atoms with Gasteiger partial charge in [-0.25, -0.2) is 4.79 Å². The van der Waals surface area contributed by atoms with Gasteiger partial charge >= 0.3 is 5.97 Å². The molecule has 0 saturated heterocycles. The van der Waals surface area contributed by atoms with Gasteiger partial charge in [-0.3, -0.25) is 4.79 Å². The van der Waals surface area contributed by atoms with Crippen LogP contribution in [0.15, 0.2) is 54.6 Å². The smallest absolute Gasteiger partial charge is 0.338 e. The van der Waals surface area contributed by atoms with E-state index in [2.05, 4.69) is 17.4 Å². The lowest BCUT2D eigenvalue weighted by molar-refractivity contribution is -0.124. The second-order valence-electron chi connectivity index (χ2n) is 6.03. The second kappa shape index (κ2) is 10.2. The molecule has 2 aromatic carbocycles. The molecular formula is C21H25NO4. The van der Waals surface area contributed by atoms with Crippen LogP contribution < -0.4 is 10.1 Å². The zero-order chi connectivity index (χ0) is 18.8. The minimum atomic E-state index is -0.528. The Morgan fingerprint density at radius 2 is 1.73 bits per heavy atom. The van der Waals surface area contributed by atoms with E-state index in [9.17, 15) is 9.59 Å². The number of rotatable bonds is 9. The van der Waals surface area contributed by atoms with E-state index in [0.29, 0.717) is 17.9 Å². The van der Waals surface area contributed by atoms with E-state index in [0.717, 1.165) is 12.8 Å². The Labute approximate surface area is 154 Å². The molecule has 1 atom stereocenters. The van der Waals surface area contributed by atoms with Crippen LogP contribution in [0.5, 0.6) is 5.75 Å². The molecule has 2 aromatic rings. The summed E-state index contributed by atoms with van der Waals surface area (Å²) in [6, 6.07) is 16.7. The Kier molecular flexibility index (Phi) is 7.68. The summed E-state index contributed by atoms with van der Waals surface area (Å²) in [7, 11) is 0. The molecular weight excluding hydrogens is 330 g/mol. The largest absolute Gasteiger partial charge is 0.494 e. The fourth-order valence-electron chi connectivity index (χ4n) is 2.48. The standard InChI is InChI=1S/C21H25NO4/c1-3-25-19-13-11-18(12-14-19)21(24)26-15-20(23)22-16(2)9-10-17-7-5-4-6-8-17/h4-8,11-14,16H,3,9-10,15H2,1-2H3,(H,22,23)/t16-/m0/s1. The third-order valence-electron chi connectivity index (χ3n) is 3.85. The lowest BCUT2D eigenvalue weighted by Gasteiger charge is -2.14. The van der Waals surface area contributed by atoms with E-state index >= 15 is 0 Å². The Morgan fingerprint density at radius 3 is 2.38 bits per heavy atom. The van der Waals surface area contributed by atoms with Gasteiger partial charge in [-0.05, 0) is 56.5 Å². The average molecular weight is 355 g/mol. The van der Waals surface area contributed by atoms with Crippen LogP contribution in [0, 0.1) is 0 Å². The van der Waals surface area contributed by atoms with Gasteiger partial charge in [0.2, 0.25) is 0 Å². The van der Waals surface area contributed by atoms with Crippen molar-refractivity contribution in [2.45, 2.75) is 32.7 Å². The van der Waals surface area contributed by atoms with Crippen LogP contribution in [-0.2, 0) is 16.0 Å². The quantitative estimate of drug-likeness (QED) is 0.701. The minimum absolute atomic E-state index is 0.00637.